The molecule has 0 aliphatic carbocycles. The van der Waals surface area contributed by atoms with Crippen molar-refractivity contribution in [3.63, 3.8) is 0 Å². The van der Waals surface area contributed by atoms with E-state index in [1.807, 2.05) is 0 Å². The maximum Gasteiger partial charge on any atom is 0.338 e. The van der Waals surface area contributed by atoms with Crippen LogP contribution in [0.5, 0.6) is 0 Å². The van der Waals surface area contributed by atoms with Crippen molar-refractivity contribution in [2.75, 3.05) is 6.61 Å². The summed E-state index contributed by atoms with van der Waals surface area (Å²) in [5, 5.41) is 0. The number of ketones is 1. The summed E-state index contributed by atoms with van der Waals surface area (Å²) in [6.07, 6.45) is 0.859. The van der Waals surface area contributed by atoms with E-state index in [1.165, 1.54) is 31.2 Å². The molecule has 0 heterocycles. The van der Waals surface area contributed by atoms with E-state index in [4.69, 9.17) is 4.74 Å². The van der Waals surface area contributed by atoms with Crippen molar-refractivity contribution < 1.29 is 23.1 Å². The van der Waals surface area contributed by atoms with Crippen LogP contribution in [0, 0.1) is 0 Å². The number of rotatable bonds is 7. The van der Waals surface area contributed by atoms with Crippen LogP contribution in [0.3, 0.4) is 0 Å². The number of carbonyl (C=O) groups excluding carboxylic acids is 2. The average molecular weight is 288 g/mol. The van der Waals surface area contributed by atoms with Crippen molar-refractivity contribution in [3.05, 3.63) is 29.8 Å². The molecule has 0 atom stereocenters. The molecule has 0 spiro atoms. The largest absolute Gasteiger partial charge is 0.462 e. The van der Waals surface area contributed by atoms with Gasteiger partial charge in [-0.1, -0.05) is 11.8 Å². The molecule has 0 saturated heterocycles. The molecule has 0 radical (unpaired) electrons. The first kappa shape index (κ1) is 15.6. The van der Waals surface area contributed by atoms with E-state index in [0.29, 0.717) is 35.1 Å². The van der Waals surface area contributed by atoms with Crippen LogP contribution in [0.4, 0.5) is 8.78 Å². The Kier molecular flexibility index (Phi) is 6.49. The van der Waals surface area contributed by atoms with Gasteiger partial charge < -0.3 is 9.53 Å². The zero-order chi connectivity index (χ0) is 14.3. The Hall–Kier alpha value is -1.43. The summed E-state index contributed by atoms with van der Waals surface area (Å²) >= 11 is 0.421. The van der Waals surface area contributed by atoms with Crippen molar-refractivity contribution >= 4 is 23.5 Å². The lowest BCUT2D eigenvalue weighted by atomic mass is 10.2. The first-order valence-corrected chi connectivity index (χ1v) is 6.58. The molecule has 19 heavy (non-hydrogen) atoms. The van der Waals surface area contributed by atoms with Crippen molar-refractivity contribution in [3.8, 4) is 0 Å². The highest BCUT2D eigenvalue weighted by molar-refractivity contribution is 7.99. The van der Waals surface area contributed by atoms with Gasteiger partial charge >= 0.3 is 5.97 Å². The smallest absolute Gasteiger partial charge is 0.338 e. The fourth-order valence-electron chi connectivity index (χ4n) is 1.34. The van der Waals surface area contributed by atoms with Gasteiger partial charge in [-0.25, -0.2) is 4.79 Å². The molecule has 0 unspecified atom stereocenters. The lowest BCUT2D eigenvalue weighted by molar-refractivity contribution is -0.117. The van der Waals surface area contributed by atoms with Crippen LogP contribution in [0.2, 0.25) is 0 Å². The monoisotopic (exact) mass is 288 g/mol. The molecule has 0 aliphatic heterocycles. The minimum atomic E-state index is -2.48. The summed E-state index contributed by atoms with van der Waals surface area (Å²) in [6, 6.07) is 5.78. The normalized spacial score (nSPS) is 10.5. The molecule has 0 saturated carbocycles. The van der Waals surface area contributed by atoms with Crippen molar-refractivity contribution in [1.82, 2.24) is 0 Å². The molecular formula is C13H14F2O3S. The Morgan fingerprint density at radius 2 is 1.89 bits per heavy atom. The topological polar surface area (TPSA) is 43.4 Å². The molecule has 0 bridgehead atoms. The standard InChI is InChI=1S/C13H14F2O3S/c1-9(16)3-2-8-18-12(17)10-4-6-11(7-5-10)19-13(14)15/h4-7,13H,2-3,8H2,1H3. The van der Waals surface area contributed by atoms with Crippen molar-refractivity contribution in [1.29, 1.82) is 0 Å². The molecule has 0 amide bonds. The van der Waals surface area contributed by atoms with Crippen LogP contribution < -0.4 is 0 Å². The van der Waals surface area contributed by atoms with Gasteiger partial charge in [-0.3, -0.25) is 0 Å². The quantitative estimate of drug-likeness (QED) is 0.437. The highest BCUT2D eigenvalue weighted by Gasteiger charge is 2.09. The summed E-state index contributed by atoms with van der Waals surface area (Å²) in [5.74, 6) is -2.95. The summed E-state index contributed by atoms with van der Waals surface area (Å²) in [7, 11) is 0. The first-order chi connectivity index (χ1) is 8.99. The fourth-order valence-corrected chi connectivity index (χ4v) is 1.84. The number of ether oxygens (including phenoxy) is 1. The van der Waals surface area contributed by atoms with Crippen LogP contribution in [-0.4, -0.2) is 24.1 Å². The van der Waals surface area contributed by atoms with Crippen LogP contribution in [-0.2, 0) is 9.53 Å². The third-order valence-corrected chi connectivity index (χ3v) is 2.94. The zero-order valence-corrected chi connectivity index (χ0v) is 11.2. The second-order valence-corrected chi connectivity index (χ2v) is 4.91. The van der Waals surface area contributed by atoms with Crippen LogP contribution >= 0.6 is 11.8 Å². The summed E-state index contributed by atoms with van der Waals surface area (Å²) in [4.78, 5) is 22.6. The van der Waals surface area contributed by atoms with Gasteiger partial charge in [-0.2, -0.15) is 8.78 Å². The van der Waals surface area contributed by atoms with Gasteiger partial charge in [0.05, 0.1) is 12.2 Å². The molecule has 3 nitrogen and oxygen atoms in total. The number of esters is 1. The Bertz CT molecular complexity index is 432. The zero-order valence-electron chi connectivity index (χ0n) is 10.4. The van der Waals surface area contributed by atoms with Crippen LogP contribution in [0.25, 0.3) is 0 Å². The molecule has 0 aliphatic rings. The van der Waals surface area contributed by atoms with E-state index in [9.17, 15) is 18.4 Å². The molecule has 6 heteroatoms. The number of Topliss-reactive ketones (excluding diaryl/α,β-unsaturated/α-hetero) is 1. The number of alkyl halides is 2. The van der Waals surface area contributed by atoms with Gasteiger partial charge in [-0.15, -0.1) is 0 Å². The van der Waals surface area contributed by atoms with E-state index in [2.05, 4.69) is 0 Å². The Morgan fingerprint density at radius 3 is 2.42 bits per heavy atom. The highest BCUT2D eigenvalue weighted by atomic mass is 32.2. The number of hydrogen-bond acceptors (Lipinski definition) is 4. The Labute approximate surface area is 114 Å². The lowest BCUT2D eigenvalue weighted by Crippen LogP contribution is -2.07. The molecule has 0 fully saturated rings. The third-order valence-electron chi connectivity index (χ3n) is 2.22. The third kappa shape index (κ3) is 6.33. The van der Waals surface area contributed by atoms with Crippen LogP contribution in [0.1, 0.15) is 30.1 Å². The summed E-state index contributed by atoms with van der Waals surface area (Å²) < 4.78 is 29.1. The lowest BCUT2D eigenvalue weighted by Gasteiger charge is -2.05. The highest BCUT2D eigenvalue weighted by Crippen LogP contribution is 2.25. The molecule has 1 rings (SSSR count). The van der Waals surface area contributed by atoms with E-state index in [1.54, 1.807) is 0 Å². The summed E-state index contributed by atoms with van der Waals surface area (Å²) in [5.41, 5.74) is 0.307. The average Bonchev–Trinajstić information content (AvgIpc) is 2.34. The van der Waals surface area contributed by atoms with Gasteiger partial charge in [0.25, 0.3) is 5.76 Å². The molecular weight excluding hydrogens is 274 g/mol. The second kappa shape index (κ2) is 7.89. The molecule has 1 aromatic rings. The summed E-state index contributed by atoms with van der Waals surface area (Å²) in [6.45, 7) is 1.65. The van der Waals surface area contributed by atoms with Crippen LogP contribution in [0.15, 0.2) is 29.2 Å². The minimum Gasteiger partial charge on any atom is -0.462 e. The fraction of sp³-hybridized carbons (Fsp3) is 0.385. The van der Waals surface area contributed by atoms with Gasteiger partial charge in [0.2, 0.25) is 0 Å². The minimum absolute atomic E-state index is 0.0458. The Balaban J connectivity index is 2.42. The van der Waals surface area contributed by atoms with Crippen molar-refractivity contribution in [2.24, 2.45) is 0 Å². The van der Waals surface area contributed by atoms with Crippen molar-refractivity contribution in [2.45, 2.75) is 30.4 Å². The predicted octanol–water partition coefficient (Wildman–Crippen LogP) is 3.53. The first-order valence-electron chi connectivity index (χ1n) is 5.70. The van der Waals surface area contributed by atoms with Gasteiger partial charge in [0.15, 0.2) is 0 Å². The van der Waals surface area contributed by atoms with Gasteiger partial charge in [-0.05, 0) is 37.6 Å². The van der Waals surface area contributed by atoms with E-state index >= 15 is 0 Å². The molecule has 0 aromatic heterocycles. The molecule has 1 aromatic carbocycles. The number of carbonyl (C=O) groups is 2. The number of hydrogen-bond donors (Lipinski definition) is 0. The maximum absolute atomic E-state index is 12.1. The van der Waals surface area contributed by atoms with Gasteiger partial charge in [0.1, 0.15) is 5.78 Å². The van der Waals surface area contributed by atoms with E-state index in [0.717, 1.165) is 0 Å². The Morgan fingerprint density at radius 1 is 1.26 bits per heavy atom. The number of thioether (sulfide) groups is 1. The second-order valence-electron chi connectivity index (χ2n) is 3.84. The van der Waals surface area contributed by atoms with E-state index < -0.39 is 11.7 Å². The number of halogens is 2. The number of benzene rings is 1. The maximum atomic E-state index is 12.1. The predicted molar refractivity (Wildman–Crippen MR) is 68.5 cm³/mol. The van der Waals surface area contributed by atoms with Gasteiger partial charge in [0, 0.05) is 11.3 Å². The molecule has 104 valence electrons. The SMILES string of the molecule is CC(=O)CCCOC(=O)c1ccc(SC(F)F)cc1. The van der Waals surface area contributed by atoms with E-state index in [-0.39, 0.29) is 12.4 Å². The molecule has 0 N–H and O–H groups in total.